The number of sulfonamides is 1. The van der Waals surface area contributed by atoms with Crippen molar-refractivity contribution in [1.29, 1.82) is 0 Å². The Bertz CT molecular complexity index is 1170. The highest BCUT2D eigenvalue weighted by atomic mass is 32.2. The Labute approximate surface area is 184 Å². The third kappa shape index (κ3) is 5.52. The van der Waals surface area contributed by atoms with Crippen molar-refractivity contribution < 1.29 is 13.2 Å². The van der Waals surface area contributed by atoms with E-state index in [1.165, 1.54) is 6.07 Å². The molecule has 3 aromatic carbocycles. The van der Waals surface area contributed by atoms with E-state index in [0.29, 0.717) is 16.8 Å². The number of rotatable bonds is 7. The summed E-state index contributed by atoms with van der Waals surface area (Å²) in [6.45, 7) is 7.54. The Balaban J connectivity index is 1.87. The Morgan fingerprint density at radius 2 is 1.55 bits per heavy atom. The number of carbonyl (C=O) groups is 1. The van der Waals surface area contributed by atoms with E-state index in [0.717, 1.165) is 23.1 Å². The Kier molecular flexibility index (Phi) is 6.81. The summed E-state index contributed by atoms with van der Waals surface area (Å²) in [6, 6.07) is 19.9. The lowest BCUT2D eigenvalue weighted by atomic mass is 10.0. The number of anilines is 1. The minimum absolute atomic E-state index is 0.0899. The van der Waals surface area contributed by atoms with Gasteiger partial charge in [-0.05, 0) is 73.7 Å². The number of hydrogen-bond donors (Lipinski definition) is 2. The van der Waals surface area contributed by atoms with Gasteiger partial charge in [0.05, 0.1) is 10.9 Å². The van der Waals surface area contributed by atoms with Crippen molar-refractivity contribution in [3.63, 3.8) is 0 Å². The first kappa shape index (κ1) is 22.6. The monoisotopic (exact) mass is 436 g/mol. The van der Waals surface area contributed by atoms with Crippen molar-refractivity contribution >= 4 is 21.6 Å². The fourth-order valence-corrected chi connectivity index (χ4v) is 4.93. The molecule has 1 amide bonds. The van der Waals surface area contributed by atoms with Crippen LogP contribution in [0.5, 0.6) is 0 Å². The summed E-state index contributed by atoms with van der Waals surface area (Å²) in [4.78, 5) is 13.0. The molecule has 0 aliphatic carbocycles. The third-order valence-corrected chi connectivity index (χ3v) is 6.65. The van der Waals surface area contributed by atoms with Crippen molar-refractivity contribution in [2.75, 3.05) is 4.72 Å². The van der Waals surface area contributed by atoms with E-state index in [4.69, 9.17) is 0 Å². The average molecular weight is 437 g/mol. The van der Waals surface area contributed by atoms with Crippen LogP contribution in [-0.4, -0.2) is 14.3 Å². The molecule has 1 atom stereocenters. The average Bonchev–Trinajstić information content (AvgIpc) is 2.71. The number of nitrogens with one attached hydrogen (secondary N) is 2. The summed E-state index contributed by atoms with van der Waals surface area (Å²) in [5.74, 6) is -0.307. The van der Waals surface area contributed by atoms with Crippen LogP contribution in [-0.2, 0) is 10.0 Å². The molecular formula is C25H28N2O3S. The molecule has 0 radical (unpaired) electrons. The first-order valence-electron chi connectivity index (χ1n) is 10.3. The molecule has 0 aliphatic rings. The smallest absolute Gasteiger partial charge is 0.262 e. The van der Waals surface area contributed by atoms with Gasteiger partial charge in [-0.3, -0.25) is 9.52 Å². The largest absolute Gasteiger partial charge is 0.345 e. The molecule has 162 valence electrons. The molecule has 2 N–H and O–H groups in total. The van der Waals surface area contributed by atoms with Crippen molar-refractivity contribution in [3.05, 3.63) is 94.5 Å². The zero-order valence-electron chi connectivity index (χ0n) is 18.3. The predicted octanol–water partition coefficient (Wildman–Crippen LogP) is 5.29. The van der Waals surface area contributed by atoms with Gasteiger partial charge >= 0.3 is 0 Å². The Morgan fingerprint density at radius 1 is 0.903 bits per heavy atom. The molecule has 0 aliphatic heterocycles. The van der Waals surface area contributed by atoms with Crippen molar-refractivity contribution in [3.8, 4) is 0 Å². The Morgan fingerprint density at radius 3 is 2.16 bits per heavy atom. The van der Waals surface area contributed by atoms with E-state index < -0.39 is 10.0 Å². The molecule has 0 fully saturated rings. The van der Waals surface area contributed by atoms with Crippen LogP contribution >= 0.6 is 0 Å². The zero-order chi connectivity index (χ0) is 22.6. The molecular weight excluding hydrogens is 408 g/mol. The van der Waals surface area contributed by atoms with Gasteiger partial charge in [0.15, 0.2) is 0 Å². The van der Waals surface area contributed by atoms with Crippen LogP contribution in [0.1, 0.15) is 52.0 Å². The highest BCUT2D eigenvalue weighted by Gasteiger charge is 2.21. The minimum Gasteiger partial charge on any atom is -0.345 e. The first-order valence-corrected chi connectivity index (χ1v) is 11.8. The van der Waals surface area contributed by atoms with E-state index in [1.807, 2.05) is 57.2 Å². The summed E-state index contributed by atoms with van der Waals surface area (Å²) in [6.07, 6.45) is 0.723. The molecule has 0 saturated carbocycles. The topological polar surface area (TPSA) is 75.3 Å². The van der Waals surface area contributed by atoms with Gasteiger partial charge in [0.1, 0.15) is 0 Å². The lowest BCUT2D eigenvalue weighted by molar-refractivity contribution is 0.0935. The molecule has 3 aromatic rings. The number of aryl methyl sites for hydroxylation is 3. The molecule has 0 aromatic heterocycles. The van der Waals surface area contributed by atoms with E-state index in [9.17, 15) is 13.2 Å². The molecule has 0 unspecified atom stereocenters. The first-order chi connectivity index (χ1) is 14.7. The standard InChI is InChI=1S/C25H28N2O3S/c1-5-23(20-9-7-6-8-10-20)26-25(28)21-12-11-19(4)24(16-21)31(29,30)27-22-14-17(2)13-18(3)15-22/h6-16,23,27H,5H2,1-4H3,(H,26,28)/t23-/m0/s1. The van der Waals surface area contributed by atoms with E-state index >= 15 is 0 Å². The highest BCUT2D eigenvalue weighted by Crippen LogP contribution is 2.23. The van der Waals surface area contributed by atoms with Crippen LogP contribution in [0.2, 0.25) is 0 Å². The van der Waals surface area contributed by atoms with Crippen LogP contribution in [0.15, 0.2) is 71.6 Å². The molecule has 3 rings (SSSR count). The molecule has 5 nitrogen and oxygen atoms in total. The van der Waals surface area contributed by atoms with Crippen LogP contribution < -0.4 is 10.0 Å². The van der Waals surface area contributed by atoms with Crippen molar-refractivity contribution in [1.82, 2.24) is 5.32 Å². The number of amides is 1. The van der Waals surface area contributed by atoms with Gasteiger partial charge in [-0.1, -0.05) is 49.4 Å². The van der Waals surface area contributed by atoms with Crippen LogP contribution in [0, 0.1) is 20.8 Å². The summed E-state index contributed by atoms with van der Waals surface area (Å²) in [7, 11) is -3.85. The maximum absolute atomic E-state index is 13.1. The fraction of sp³-hybridized carbons (Fsp3) is 0.240. The summed E-state index contributed by atoms with van der Waals surface area (Å²) >= 11 is 0. The van der Waals surface area contributed by atoms with E-state index in [-0.39, 0.29) is 16.8 Å². The SMILES string of the molecule is CC[C@H](NC(=O)c1ccc(C)c(S(=O)(=O)Nc2cc(C)cc(C)c2)c1)c1ccccc1. The normalized spacial score (nSPS) is 12.3. The second kappa shape index (κ2) is 9.35. The quantitative estimate of drug-likeness (QED) is 0.528. The zero-order valence-corrected chi connectivity index (χ0v) is 19.1. The molecule has 31 heavy (non-hydrogen) atoms. The molecule has 6 heteroatoms. The molecule has 0 spiro atoms. The van der Waals surface area contributed by atoms with Gasteiger partial charge in [-0.15, -0.1) is 0 Å². The number of carbonyl (C=O) groups excluding carboxylic acids is 1. The highest BCUT2D eigenvalue weighted by molar-refractivity contribution is 7.92. The Hall–Kier alpha value is -3.12. The summed E-state index contributed by atoms with van der Waals surface area (Å²) in [5, 5.41) is 3.01. The molecule has 0 bridgehead atoms. The third-order valence-electron chi connectivity index (χ3n) is 5.13. The summed E-state index contributed by atoms with van der Waals surface area (Å²) in [5.41, 5.74) is 4.32. The maximum Gasteiger partial charge on any atom is 0.262 e. The second-order valence-corrected chi connectivity index (χ2v) is 9.46. The lowest BCUT2D eigenvalue weighted by Gasteiger charge is -2.18. The van der Waals surface area contributed by atoms with E-state index in [1.54, 1.807) is 31.2 Å². The lowest BCUT2D eigenvalue weighted by Crippen LogP contribution is -2.28. The van der Waals surface area contributed by atoms with Crippen LogP contribution in [0.4, 0.5) is 5.69 Å². The van der Waals surface area contributed by atoms with Gasteiger partial charge in [-0.2, -0.15) is 0 Å². The number of hydrogen-bond acceptors (Lipinski definition) is 3. The molecule has 0 saturated heterocycles. The van der Waals surface area contributed by atoms with Gasteiger partial charge < -0.3 is 5.32 Å². The van der Waals surface area contributed by atoms with Crippen LogP contribution in [0.25, 0.3) is 0 Å². The fourth-order valence-electron chi connectivity index (χ4n) is 3.62. The number of benzene rings is 3. The van der Waals surface area contributed by atoms with Gasteiger partial charge in [0.25, 0.3) is 15.9 Å². The van der Waals surface area contributed by atoms with E-state index in [2.05, 4.69) is 10.0 Å². The van der Waals surface area contributed by atoms with Gasteiger partial charge in [0, 0.05) is 11.3 Å². The minimum atomic E-state index is -3.85. The molecule has 0 heterocycles. The van der Waals surface area contributed by atoms with Gasteiger partial charge in [0.2, 0.25) is 0 Å². The second-order valence-electron chi connectivity index (χ2n) is 7.81. The van der Waals surface area contributed by atoms with Crippen LogP contribution in [0.3, 0.4) is 0 Å². The van der Waals surface area contributed by atoms with Crippen molar-refractivity contribution in [2.24, 2.45) is 0 Å². The summed E-state index contributed by atoms with van der Waals surface area (Å²) < 4.78 is 28.8. The van der Waals surface area contributed by atoms with Gasteiger partial charge in [-0.25, -0.2) is 8.42 Å². The maximum atomic E-state index is 13.1. The van der Waals surface area contributed by atoms with Crippen molar-refractivity contribution in [2.45, 2.75) is 45.1 Å². The predicted molar refractivity (Wildman–Crippen MR) is 125 cm³/mol.